The Balaban J connectivity index is 1.44. The van der Waals surface area contributed by atoms with Crippen LogP contribution in [-0.2, 0) is 11.3 Å². The highest BCUT2D eigenvalue weighted by molar-refractivity contribution is 7.99. The molecule has 1 fully saturated rings. The first-order chi connectivity index (χ1) is 13.3. The van der Waals surface area contributed by atoms with Gasteiger partial charge in [-0.05, 0) is 44.0 Å². The minimum absolute atomic E-state index is 0.122. The number of hydrogen-bond acceptors (Lipinski definition) is 2. The van der Waals surface area contributed by atoms with E-state index in [0.29, 0.717) is 6.42 Å². The number of para-hydroxylation sites is 1. The highest BCUT2D eigenvalue weighted by Crippen LogP contribution is 2.31. The van der Waals surface area contributed by atoms with Gasteiger partial charge in [0.05, 0.1) is 0 Å². The van der Waals surface area contributed by atoms with Gasteiger partial charge in [-0.1, -0.05) is 37.5 Å². The Morgan fingerprint density at radius 2 is 1.85 bits per heavy atom. The third-order valence-corrected chi connectivity index (χ3v) is 6.99. The largest absolute Gasteiger partial charge is 0.341 e. The lowest BCUT2D eigenvalue weighted by Gasteiger charge is -2.20. The molecule has 142 valence electrons. The number of fused-ring (bicyclic) bond motifs is 3. The minimum Gasteiger partial charge on any atom is -0.341 e. The van der Waals surface area contributed by atoms with Crippen molar-refractivity contribution >= 4 is 45.2 Å². The molecule has 4 rings (SSSR count). The monoisotopic (exact) mass is 380 g/mol. The third kappa shape index (κ3) is 4.01. The van der Waals surface area contributed by atoms with E-state index in [0.717, 1.165) is 23.2 Å². The lowest BCUT2D eigenvalue weighted by molar-refractivity contribution is -0.115. The molecule has 0 spiro atoms. The molecule has 0 aliphatic heterocycles. The van der Waals surface area contributed by atoms with Gasteiger partial charge in [-0.25, -0.2) is 0 Å². The van der Waals surface area contributed by atoms with Gasteiger partial charge in [-0.2, -0.15) is 11.8 Å². The lowest BCUT2D eigenvalue weighted by Crippen LogP contribution is -2.14. The number of thioether (sulfide) groups is 1. The van der Waals surface area contributed by atoms with Gasteiger partial charge in [0.15, 0.2) is 0 Å². The molecule has 1 N–H and O–H groups in total. The van der Waals surface area contributed by atoms with Crippen molar-refractivity contribution in [1.82, 2.24) is 4.57 Å². The van der Waals surface area contributed by atoms with Crippen LogP contribution in [0.25, 0.3) is 21.8 Å². The summed E-state index contributed by atoms with van der Waals surface area (Å²) < 4.78 is 2.33. The summed E-state index contributed by atoms with van der Waals surface area (Å²) in [6.45, 7) is 3.11. The van der Waals surface area contributed by atoms with E-state index in [1.165, 1.54) is 53.9 Å². The maximum atomic E-state index is 12.4. The predicted molar refractivity (Wildman–Crippen MR) is 118 cm³/mol. The van der Waals surface area contributed by atoms with Crippen molar-refractivity contribution in [1.29, 1.82) is 0 Å². The molecule has 1 saturated carbocycles. The summed E-state index contributed by atoms with van der Waals surface area (Å²) in [5.41, 5.74) is 3.38. The fourth-order valence-corrected chi connectivity index (χ4v) is 5.55. The van der Waals surface area contributed by atoms with Crippen LogP contribution in [0.3, 0.4) is 0 Å². The highest BCUT2D eigenvalue weighted by atomic mass is 32.2. The van der Waals surface area contributed by atoms with Crippen LogP contribution in [0.2, 0.25) is 0 Å². The molecule has 27 heavy (non-hydrogen) atoms. The SMILES string of the molecule is CCn1c2ccccc2c2cc(NC(=O)CCSC3CCCCC3)ccc21. The molecule has 0 atom stereocenters. The van der Waals surface area contributed by atoms with Gasteiger partial charge < -0.3 is 9.88 Å². The normalized spacial score (nSPS) is 15.4. The number of amides is 1. The Hall–Kier alpha value is -1.94. The van der Waals surface area contributed by atoms with Crippen LogP contribution in [0.15, 0.2) is 42.5 Å². The number of benzene rings is 2. The van der Waals surface area contributed by atoms with Crippen LogP contribution >= 0.6 is 11.8 Å². The van der Waals surface area contributed by atoms with Gasteiger partial charge in [0.25, 0.3) is 0 Å². The molecule has 1 heterocycles. The van der Waals surface area contributed by atoms with Crippen LogP contribution in [0, 0.1) is 0 Å². The first-order valence-corrected chi connectivity index (χ1v) is 11.2. The van der Waals surface area contributed by atoms with E-state index >= 15 is 0 Å². The van der Waals surface area contributed by atoms with Gasteiger partial charge in [-0.3, -0.25) is 4.79 Å². The summed E-state index contributed by atoms with van der Waals surface area (Å²) >= 11 is 1.98. The summed E-state index contributed by atoms with van der Waals surface area (Å²) in [5, 5.41) is 6.33. The Labute approximate surface area is 165 Å². The summed E-state index contributed by atoms with van der Waals surface area (Å²) in [6, 6.07) is 14.8. The number of hydrogen-bond donors (Lipinski definition) is 1. The average molecular weight is 381 g/mol. The fourth-order valence-electron chi connectivity index (χ4n) is 4.25. The van der Waals surface area contributed by atoms with E-state index in [2.05, 4.69) is 53.2 Å². The van der Waals surface area contributed by atoms with Crippen molar-refractivity contribution in [3.8, 4) is 0 Å². The summed E-state index contributed by atoms with van der Waals surface area (Å²) in [5.74, 6) is 1.05. The van der Waals surface area contributed by atoms with Crippen LogP contribution in [0.5, 0.6) is 0 Å². The van der Waals surface area contributed by atoms with E-state index in [1.54, 1.807) is 0 Å². The predicted octanol–water partition coefficient (Wildman–Crippen LogP) is 6.21. The molecule has 0 radical (unpaired) electrons. The van der Waals surface area contributed by atoms with E-state index in [1.807, 2.05) is 17.8 Å². The molecule has 4 heteroatoms. The Bertz CT molecular complexity index is 940. The van der Waals surface area contributed by atoms with Crippen LogP contribution in [0.1, 0.15) is 45.4 Å². The zero-order valence-corrected chi connectivity index (χ0v) is 16.9. The molecule has 0 unspecified atom stereocenters. The van der Waals surface area contributed by atoms with Crippen molar-refractivity contribution in [2.45, 2.75) is 57.2 Å². The highest BCUT2D eigenvalue weighted by Gasteiger charge is 2.14. The molecule has 3 aromatic rings. The number of anilines is 1. The zero-order chi connectivity index (χ0) is 18.6. The second-order valence-electron chi connectivity index (χ2n) is 7.42. The Kier molecular flexibility index (Phi) is 5.72. The number of carbonyl (C=O) groups excluding carboxylic acids is 1. The lowest BCUT2D eigenvalue weighted by atomic mass is 10.0. The minimum atomic E-state index is 0.122. The standard InChI is InChI=1S/C23H28N2OS/c1-2-25-21-11-7-6-10-19(21)20-16-17(12-13-22(20)25)24-23(26)14-15-27-18-8-4-3-5-9-18/h6-7,10-13,16,18H,2-5,8-9,14-15H2,1H3,(H,24,26). The van der Waals surface area contributed by atoms with Gasteiger partial charge in [0.2, 0.25) is 5.91 Å². The summed E-state index contributed by atoms with van der Waals surface area (Å²) in [4.78, 5) is 12.4. The van der Waals surface area contributed by atoms with Crippen molar-refractivity contribution in [2.75, 3.05) is 11.1 Å². The van der Waals surface area contributed by atoms with Crippen LogP contribution in [0.4, 0.5) is 5.69 Å². The molecule has 0 bridgehead atoms. The van der Waals surface area contributed by atoms with Gasteiger partial charge in [-0.15, -0.1) is 0 Å². The van der Waals surface area contributed by atoms with Crippen LogP contribution in [-0.4, -0.2) is 21.5 Å². The molecule has 1 aliphatic carbocycles. The van der Waals surface area contributed by atoms with Crippen LogP contribution < -0.4 is 5.32 Å². The molecular weight excluding hydrogens is 352 g/mol. The van der Waals surface area contributed by atoms with E-state index in [-0.39, 0.29) is 5.91 Å². The van der Waals surface area contributed by atoms with E-state index in [4.69, 9.17) is 0 Å². The van der Waals surface area contributed by atoms with E-state index in [9.17, 15) is 4.79 Å². The molecule has 1 aliphatic rings. The van der Waals surface area contributed by atoms with Crippen molar-refractivity contribution < 1.29 is 4.79 Å². The quantitative estimate of drug-likeness (QED) is 0.552. The maximum Gasteiger partial charge on any atom is 0.225 e. The first kappa shape index (κ1) is 18.4. The fraction of sp³-hybridized carbons (Fsp3) is 0.435. The van der Waals surface area contributed by atoms with Crippen molar-refractivity contribution in [3.05, 3.63) is 42.5 Å². The molecular formula is C23H28N2OS. The van der Waals surface area contributed by atoms with Crippen molar-refractivity contribution in [2.24, 2.45) is 0 Å². The molecule has 1 amide bonds. The third-order valence-electron chi connectivity index (χ3n) is 5.61. The number of aryl methyl sites for hydroxylation is 1. The second-order valence-corrected chi connectivity index (χ2v) is 8.83. The maximum absolute atomic E-state index is 12.4. The number of carbonyl (C=O) groups is 1. The average Bonchev–Trinajstić information content (AvgIpc) is 3.02. The molecule has 1 aromatic heterocycles. The molecule has 2 aromatic carbocycles. The summed E-state index contributed by atoms with van der Waals surface area (Å²) in [6.07, 6.45) is 7.34. The number of rotatable bonds is 6. The number of nitrogens with one attached hydrogen (secondary N) is 1. The zero-order valence-electron chi connectivity index (χ0n) is 16.0. The Morgan fingerprint density at radius 1 is 1.07 bits per heavy atom. The number of nitrogens with zero attached hydrogens (tertiary/aromatic N) is 1. The summed E-state index contributed by atoms with van der Waals surface area (Å²) in [7, 11) is 0. The second kappa shape index (κ2) is 8.39. The van der Waals surface area contributed by atoms with E-state index < -0.39 is 0 Å². The smallest absolute Gasteiger partial charge is 0.225 e. The first-order valence-electron chi connectivity index (χ1n) is 10.2. The van der Waals surface area contributed by atoms with Gasteiger partial charge in [0, 0.05) is 51.5 Å². The molecule has 3 nitrogen and oxygen atoms in total. The topological polar surface area (TPSA) is 34.0 Å². The van der Waals surface area contributed by atoms with Crippen molar-refractivity contribution in [3.63, 3.8) is 0 Å². The molecule has 0 saturated heterocycles. The van der Waals surface area contributed by atoms with Gasteiger partial charge >= 0.3 is 0 Å². The number of aromatic nitrogens is 1. The van der Waals surface area contributed by atoms with Gasteiger partial charge in [0.1, 0.15) is 0 Å². The Morgan fingerprint density at radius 3 is 2.67 bits per heavy atom.